The maximum Gasteiger partial charge on any atom is 1.00 e. The van der Waals surface area contributed by atoms with Gasteiger partial charge in [0.05, 0.1) is 5.56 Å². The Labute approximate surface area is 178 Å². The number of carbonyl (C=O) groups excluding carboxylic acids is 1. The molecule has 0 fully saturated rings. The number of aromatic nitrogens is 2. The van der Waals surface area contributed by atoms with Crippen molar-refractivity contribution >= 4 is 17.3 Å². The molecule has 1 N–H and O–H groups in total. The molecule has 0 atom stereocenters. The number of rotatable bonds is 3. The number of carbonyl (C=O) groups is 1. The fourth-order valence-electron chi connectivity index (χ4n) is 3.06. The molecule has 1 aliphatic heterocycles. The molecule has 0 saturated heterocycles. The molecule has 1 aromatic heterocycles. The van der Waals surface area contributed by atoms with Gasteiger partial charge in [0, 0.05) is 36.4 Å². The van der Waals surface area contributed by atoms with E-state index in [0.717, 1.165) is 29.1 Å². The van der Waals surface area contributed by atoms with Gasteiger partial charge in [-0.05, 0) is 42.1 Å². The van der Waals surface area contributed by atoms with E-state index in [1.807, 2.05) is 11.0 Å². The van der Waals surface area contributed by atoms with E-state index < -0.39 is 17.6 Å². The molecule has 0 aliphatic carbocycles. The number of anilines is 2. The van der Waals surface area contributed by atoms with E-state index >= 15 is 0 Å². The van der Waals surface area contributed by atoms with Crippen molar-refractivity contribution in [3.8, 4) is 0 Å². The van der Waals surface area contributed by atoms with Crippen molar-refractivity contribution in [1.82, 2.24) is 9.97 Å². The van der Waals surface area contributed by atoms with Gasteiger partial charge < -0.3 is 20.2 Å². The summed E-state index contributed by atoms with van der Waals surface area (Å²) in [5, 5.41) is 2.52. The van der Waals surface area contributed by atoms with Crippen LogP contribution in [-0.4, -0.2) is 15.9 Å². The monoisotopic (exact) mass is 575 g/mol. The molecule has 29 heavy (non-hydrogen) atoms. The van der Waals surface area contributed by atoms with Crippen LogP contribution >= 0.6 is 0 Å². The van der Waals surface area contributed by atoms with E-state index in [1.54, 1.807) is 24.4 Å². The van der Waals surface area contributed by atoms with Gasteiger partial charge in [-0.2, -0.15) is 13.2 Å². The minimum atomic E-state index is -4.47. The van der Waals surface area contributed by atoms with Crippen LogP contribution in [0.2, 0.25) is 0 Å². The standard InChI is InChI=1S/C20H14F3N4O.Os/c21-20(22,23)15-4-2-5-16(8-15)26-19(28)13-3-1-6-17(7-13)27-10-14-9-24-12-25-18(14)11-27;/h1-9H,10-11H2,(H,26,28);/q-1;+1. The largest absolute Gasteiger partial charge is 1.00 e. The van der Waals surface area contributed by atoms with E-state index in [4.69, 9.17) is 0 Å². The molecule has 1 aliphatic rings. The summed E-state index contributed by atoms with van der Waals surface area (Å²) in [6.07, 6.45) is -0.186. The second-order valence-electron chi connectivity index (χ2n) is 6.38. The Hall–Kier alpha value is -2.78. The molecule has 0 bridgehead atoms. The topological polar surface area (TPSA) is 58.1 Å². The molecule has 0 saturated carbocycles. The number of benzene rings is 2. The first-order valence-corrected chi connectivity index (χ1v) is 8.44. The summed E-state index contributed by atoms with van der Waals surface area (Å²) < 4.78 is 38.5. The van der Waals surface area contributed by atoms with Crippen molar-refractivity contribution in [2.45, 2.75) is 19.3 Å². The Morgan fingerprint density at radius 2 is 1.90 bits per heavy atom. The zero-order valence-corrected chi connectivity index (χ0v) is 17.4. The Balaban J connectivity index is 0.00000240. The summed E-state index contributed by atoms with van der Waals surface area (Å²) in [6, 6.07) is 11.5. The molecule has 5 nitrogen and oxygen atoms in total. The van der Waals surface area contributed by atoms with Crippen LogP contribution < -0.4 is 10.2 Å². The number of nitrogens with one attached hydrogen (secondary N) is 1. The number of alkyl halides is 3. The van der Waals surface area contributed by atoms with Crippen LogP contribution in [0.4, 0.5) is 24.5 Å². The van der Waals surface area contributed by atoms with E-state index in [1.165, 1.54) is 12.1 Å². The van der Waals surface area contributed by atoms with Crippen LogP contribution in [0.5, 0.6) is 0 Å². The molecule has 2 aromatic carbocycles. The van der Waals surface area contributed by atoms with Crippen molar-refractivity contribution in [2.24, 2.45) is 0 Å². The third-order valence-electron chi connectivity index (χ3n) is 4.46. The first-order chi connectivity index (χ1) is 13.4. The number of nitrogens with zero attached hydrogens (tertiary/aromatic N) is 3. The fraction of sp³-hybridized carbons (Fsp3) is 0.150. The third kappa shape index (κ3) is 4.62. The van der Waals surface area contributed by atoms with Crippen LogP contribution in [0.15, 0.2) is 54.7 Å². The van der Waals surface area contributed by atoms with Crippen LogP contribution in [0.3, 0.4) is 0 Å². The Kier molecular flexibility index (Phi) is 5.99. The molecule has 0 spiro atoms. The van der Waals surface area contributed by atoms with Gasteiger partial charge in [0.15, 0.2) is 0 Å². The zero-order valence-electron chi connectivity index (χ0n) is 14.8. The van der Waals surface area contributed by atoms with E-state index in [-0.39, 0.29) is 25.5 Å². The summed E-state index contributed by atoms with van der Waals surface area (Å²) in [5.41, 5.74) is 2.32. The molecule has 1 amide bonds. The van der Waals surface area contributed by atoms with E-state index in [9.17, 15) is 18.0 Å². The van der Waals surface area contributed by atoms with Gasteiger partial charge in [-0.3, -0.25) is 4.79 Å². The quantitative estimate of drug-likeness (QED) is 0.481. The first-order valence-electron chi connectivity index (χ1n) is 8.44. The SMILES string of the molecule is O=C(Nc1cccc(C(F)(F)F)c1)c1cccc(N2Cc3cn[c-]nc3C2)c1.[Os+]. The minimum absolute atomic E-state index is 0. The van der Waals surface area contributed by atoms with E-state index in [0.29, 0.717) is 18.7 Å². The number of amides is 1. The third-order valence-corrected chi connectivity index (χ3v) is 4.46. The van der Waals surface area contributed by atoms with Gasteiger partial charge in [0.25, 0.3) is 5.91 Å². The van der Waals surface area contributed by atoms with Gasteiger partial charge in [-0.1, -0.05) is 23.9 Å². The maximum atomic E-state index is 12.8. The average molecular weight is 574 g/mol. The Morgan fingerprint density at radius 3 is 2.66 bits per heavy atom. The predicted octanol–water partition coefficient (Wildman–Crippen LogP) is 4.07. The smallest absolute Gasteiger partial charge is 0.375 e. The molecular weight excluding hydrogens is 559 g/mol. The molecule has 3 aromatic rings. The van der Waals surface area contributed by atoms with Crippen molar-refractivity contribution in [1.29, 1.82) is 0 Å². The summed E-state index contributed by atoms with van der Waals surface area (Å²) in [4.78, 5) is 22.6. The first kappa shape index (κ1) is 20.9. The van der Waals surface area contributed by atoms with Gasteiger partial charge in [0.2, 0.25) is 0 Å². The number of halogens is 3. The Bertz CT molecular complexity index is 1020. The maximum absolute atomic E-state index is 12.8. The van der Waals surface area contributed by atoms with Crippen molar-refractivity contribution in [3.63, 3.8) is 0 Å². The van der Waals surface area contributed by atoms with E-state index in [2.05, 4.69) is 21.6 Å². The summed E-state index contributed by atoms with van der Waals surface area (Å²) in [5.74, 6) is -0.481. The average Bonchev–Trinajstić information content (AvgIpc) is 3.12. The molecule has 4 rings (SSSR count). The minimum Gasteiger partial charge on any atom is -0.375 e. The fourth-order valence-corrected chi connectivity index (χ4v) is 3.06. The second-order valence-corrected chi connectivity index (χ2v) is 6.38. The van der Waals surface area contributed by atoms with Crippen LogP contribution in [0.1, 0.15) is 27.2 Å². The summed E-state index contributed by atoms with van der Waals surface area (Å²) >= 11 is 0. The molecule has 149 valence electrons. The molecule has 1 radical (unpaired) electrons. The predicted molar refractivity (Wildman–Crippen MR) is 96.6 cm³/mol. The van der Waals surface area contributed by atoms with Crippen molar-refractivity contribution in [2.75, 3.05) is 10.2 Å². The van der Waals surface area contributed by atoms with Gasteiger partial charge in [0.1, 0.15) is 0 Å². The van der Waals surface area contributed by atoms with Crippen LogP contribution in [0.25, 0.3) is 0 Å². The van der Waals surface area contributed by atoms with Gasteiger partial charge in [-0.15, -0.1) is 0 Å². The molecule has 9 heteroatoms. The van der Waals surface area contributed by atoms with Crippen molar-refractivity contribution in [3.05, 3.63) is 83.4 Å². The van der Waals surface area contributed by atoms with Gasteiger partial charge in [-0.25, -0.2) is 0 Å². The summed E-state index contributed by atoms with van der Waals surface area (Å²) in [7, 11) is 0. The number of hydrogen-bond acceptors (Lipinski definition) is 4. The zero-order chi connectivity index (χ0) is 19.7. The number of fused-ring (bicyclic) bond motifs is 1. The normalized spacial score (nSPS) is 12.9. The van der Waals surface area contributed by atoms with Gasteiger partial charge >= 0.3 is 26.0 Å². The second kappa shape index (κ2) is 8.30. The summed E-state index contributed by atoms with van der Waals surface area (Å²) in [6.45, 7) is 1.19. The number of hydrogen-bond donors (Lipinski definition) is 1. The molecule has 0 unspecified atom stereocenters. The van der Waals surface area contributed by atoms with Crippen molar-refractivity contribution < 1.29 is 37.8 Å². The van der Waals surface area contributed by atoms with Crippen LogP contribution in [0, 0.1) is 6.33 Å². The molecule has 2 heterocycles. The Morgan fingerprint density at radius 1 is 1.10 bits per heavy atom. The van der Waals surface area contributed by atoms with Crippen LogP contribution in [-0.2, 0) is 39.1 Å². The molecular formula is C20H14F3N4OOs.